The van der Waals surface area contributed by atoms with Crippen molar-refractivity contribution >= 4 is 22.8 Å². The summed E-state index contributed by atoms with van der Waals surface area (Å²) >= 11 is 0. The van der Waals surface area contributed by atoms with Crippen molar-refractivity contribution in [3.8, 4) is 5.75 Å². The van der Waals surface area contributed by atoms with Crippen LogP contribution in [0.25, 0.3) is 11.0 Å². The highest BCUT2D eigenvalue weighted by atomic mass is 16.5. The smallest absolute Gasteiger partial charge is 0.337 e. The number of piperidine rings is 1. The lowest BCUT2D eigenvalue weighted by molar-refractivity contribution is -0.149. The van der Waals surface area contributed by atoms with Crippen molar-refractivity contribution in [2.45, 2.75) is 39.7 Å². The average Bonchev–Trinajstić information content (AvgIpc) is 2.66. The third kappa shape index (κ3) is 4.35. The van der Waals surface area contributed by atoms with Crippen molar-refractivity contribution < 1.29 is 23.5 Å². The quantitative estimate of drug-likeness (QED) is 0.579. The van der Waals surface area contributed by atoms with Gasteiger partial charge in [0, 0.05) is 30.6 Å². The van der Waals surface area contributed by atoms with Gasteiger partial charge >= 0.3 is 11.6 Å². The Bertz CT molecular complexity index is 932. The van der Waals surface area contributed by atoms with Crippen molar-refractivity contribution in [2.75, 3.05) is 19.7 Å². The monoisotopic (exact) mass is 387 g/mol. The Balaban J connectivity index is 1.90. The van der Waals surface area contributed by atoms with Gasteiger partial charge in [0.05, 0.1) is 24.2 Å². The molecule has 0 bridgehead atoms. The number of hydrogen-bond acceptors (Lipinski definition) is 6. The summed E-state index contributed by atoms with van der Waals surface area (Å²) in [6.07, 6.45) is 1.37. The predicted octanol–water partition coefficient (Wildman–Crippen LogP) is 3.00. The molecule has 28 heavy (non-hydrogen) atoms. The van der Waals surface area contributed by atoms with E-state index >= 15 is 0 Å². The van der Waals surface area contributed by atoms with Crippen LogP contribution in [0.15, 0.2) is 33.5 Å². The first-order valence-corrected chi connectivity index (χ1v) is 9.59. The molecule has 1 unspecified atom stereocenters. The molecule has 1 fully saturated rings. The third-order valence-electron chi connectivity index (χ3n) is 4.65. The number of amides is 1. The van der Waals surface area contributed by atoms with E-state index in [0.29, 0.717) is 42.7 Å². The van der Waals surface area contributed by atoms with Gasteiger partial charge in [-0.15, -0.1) is 0 Å². The maximum absolute atomic E-state index is 13.1. The number of benzene rings is 1. The molecule has 1 aromatic carbocycles. The van der Waals surface area contributed by atoms with Gasteiger partial charge in [0.25, 0.3) is 5.91 Å². The highest BCUT2D eigenvalue weighted by Gasteiger charge is 2.30. The SMILES string of the molecule is CCOC(=O)C1CCCN(C(=O)c2cc(=O)oc3cc(OC(C)C)ccc23)C1. The van der Waals surface area contributed by atoms with E-state index in [1.165, 1.54) is 6.07 Å². The average molecular weight is 387 g/mol. The first-order chi connectivity index (χ1) is 13.4. The minimum absolute atomic E-state index is 0.0258. The molecule has 0 saturated carbocycles. The van der Waals surface area contributed by atoms with Crippen molar-refractivity contribution in [1.82, 2.24) is 4.90 Å². The summed E-state index contributed by atoms with van der Waals surface area (Å²) in [5.41, 5.74) is -0.0312. The van der Waals surface area contributed by atoms with Crippen LogP contribution in [0.3, 0.4) is 0 Å². The van der Waals surface area contributed by atoms with Gasteiger partial charge in [-0.1, -0.05) is 0 Å². The highest BCUT2D eigenvalue weighted by Crippen LogP contribution is 2.26. The minimum atomic E-state index is -0.600. The summed E-state index contributed by atoms with van der Waals surface area (Å²) in [5.74, 6) is -0.344. The maximum atomic E-state index is 13.1. The van der Waals surface area contributed by atoms with Crippen LogP contribution >= 0.6 is 0 Å². The van der Waals surface area contributed by atoms with E-state index in [2.05, 4.69) is 0 Å². The van der Waals surface area contributed by atoms with Crippen molar-refractivity contribution in [2.24, 2.45) is 5.92 Å². The minimum Gasteiger partial charge on any atom is -0.491 e. The van der Waals surface area contributed by atoms with Crippen LogP contribution in [0.5, 0.6) is 5.75 Å². The molecular weight excluding hydrogens is 362 g/mol. The fourth-order valence-corrected chi connectivity index (χ4v) is 3.45. The van der Waals surface area contributed by atoms with Gasteiger partial charge in [0.2, 0.25) is 0 Å². The van der Waals surface area contributed by atoms with Gasteiger partial charge in [-0.25, -0.2) is 4.79 Å². The number of carbonyl (C=O) groups excluding carboxylic acids is 2. The lowest BCUT2D eigenvalue weighted by Crippen LogP contribution is -2.43. The maximum Gasteiger partial charge on any atom is 0.337 e. The molecule has 1 atom stereocenters. The van der Waals surface area contributed by atoms with Crippen LogP contribution in [-0.4, -0.2) is 42.6 Å². The zero-order valence-corrected chi connectivity index (χ0v) is 16.4. The molecule has 150 valence electrons. The molecule has 2 aromatic rings. The molecule has 7 heteroatoms. The fraction of sp³-hybridized carbons (Fsp3) is 0.476. The summed E-state index contributed by atoms with van der Waals surface area (Å²) in [7, 11) is 0. The number of carbonyl (C=O) groups is 2. The Morgan fingerprint density at radius 1 is 1.29 bits per heavy atom. The Kier molecular flexibility index (Phi) is 6.02. The summed E-state index contributed by atoms with van der Waals surface area (Å²) < 4.78 is 16.0. The van der Waals surface area contributed by atoms with Crippen LogP contribution in [0, 0.1) is 5.92 Å². The zero-order valence-electron chi connectivity index (χ0n) is 16.4. The van der Waals surface area contributed by atoms with Gasteiger partial charge < -0.3 is 18.8 Å². The second kappa shape index (κ2) is 8.46. The molecule has 0 radical (unpaired) electrons. The number of rotatable bonds is 5. The number of fused-ring (bicyclic) bond motifs is 1. The van der Waals surface area contributed by atoms with Gasteiger partial charge in [0.1, 0.15) is 11.3 Å². The topological polar surface area (TPSA) is 86.0 Å². The Morgan fingerprint density at radius 2 is 2.07 bits per heavy atom. The number of esters is 1. The van der Waals surface area contributed by atoms with Crippen molar-refractivity contribution in [1.29, 1.82) is 0 Å². The Labute approximate surface area is 163 Å². The highest BCUT2D eigenvalue weighted by molar-refractivity contribution is 6.05. The number of ether oxygens (including phenoxy) is 2. The van der Waals surface area contributed by atoms with Gasteiger partial charge in [-0.05, 0) is 45.7 Å². The fourth-order valence-electron chi connectivity index (χ4n) is 3.45. The molecule has 1 saturated heterocycles. The zero-order chi connectivity index (χ0) is 20.3. The normalized spacial score (nSPS) is 17.0. The van der Waals surface area contributed by atoms with E-state index in [4.69, 9.17) is 13.9 Å². The van der Waals surface area contributed by atoms with Gasteiger partial charge in [-0.3, -0.25) is 9.59 Å². The predicted molar refractivity (Wildman–Crippen MR) is 104 cm³/mol. The third-order valence-corrected chi connectivity index (χ3v) is 4.65. The van der Waals surface area contributed by atoms with E-state index in [-0.39, 0.29) is 36.0 Å². The molecule has 1 aromatic heterocycles. The molecule has 0 aliphatic carbocycles. The van der Waals surface area contributed by atoms with E-state index < -0.39 is 5.63 Å². The number of nitrogens with zero attached hydrogens (tertiary/aromatic N) is 1. The summed E-state index contributed by atoms with van der Waals surface area (Å²) in [6, 6.07) is 6.29. The van der Waals surface area contributed by atoms with Crippen LogP contribution < -0.4 is 10.4 Å². The molecule has 2 heterocycles. The Hall–Kier alpha value is -2.83. The molecule has 0 spiro atoms. The Morgan fingerprint density at radius 3 is 2.79 bits per heavy atom. The van der Waals surface area contributed by atoms with Gasteiger partial charge in [0.15, 0.2) is 0 Å². The molecule has 1 aliphatic heterocycles. The summed E-state index contributed by atoms with van der Waals surface area (Å²) in [6.45, 7) is 6.69. The van der Waals surface area contributed by atoms with Gasteiger partial charge in [-0.2, -0.15) is 0 Å². The van der Waals surface area contributed by atoms with Crippen molar-refractivity contribution in [3.05, 3.63) is 40.2 Å². The molecule has 3 rings (SSSR count). The number of hydrogen-bond donors (Lipinski definition) is 0. The van der Waals surface area contributed by atoms with E-state index in [1.54, 1.807) is 30.0 Å². The molecule has 0 N–H and O–H groups in total. The summed E-state index contributed by atoms with van der Waals surface area (Å²) in [5, 5.41) is 0.541. The largest absolute Gasteiger partial charge is 0.491 e. The van der Waals surface area contributed by atoms with Crippen molar-refractivity contribution in [3.63, 3.8) is 0 Å². The second-order valence-corrected chi connectivity index (χ2v) is 7.15. The van der Waals surface area contributed by atoms with Crippen LogP contribution in [0.2, 0.25) is 0 Å². The molecular formula is C21H25NO6. The van der Waals surface area contributed by atoms with Crippen LogP contribution in [-0.2, 0) is 9.53 Å². The standard InChI is InChI=1S/C21H25NO6/c1-4-26-21(25)14-6-5-9-22(12-14)20(24)17-11-19(23)28-18-10-15(27-13(2)3)7-8-16(17)18/h7-8,10-11,13-14H,4-6,9,12H2,1-3H3. The molecule has 1 amide bonds. The van der Waals surface area contributed by atoms with E-state index in [9.17, 15) is 14.4 Å². The summed E-state index contributed by atoms with van der Waals surface area (Å²) in [4.78, 5) is 38.8. The number of likely N-dealkylation sites (tertiary alicyclic amines) is 1. The van der Waals surface area contributed by atoms with E-state index in [1.807, 2.05) is 13.8 Å². The molecule has 1 aliphatic rings. The van der Waals surface area contributed by atoms with Crippen LogP contribution in [0.4, 0.5) is 0 Å². The second-order valence-electron chi connectivity index (χ2n) is 7.15. The molecule has 7 nitrogen and oxygen atoms in total. The first-order valence-electron chi connectivity index (χ1n) is 9.59. The van der Waals surface area contributed by atoms with Crippen LogP contribution in [0.1, 0.15) is 44.0 Å². The lowest BCUT2D eigenvalue weighted by atomic mass is 9.97. The first kappa shape index (κ1) is 19.9. The van der Waals surface area contributed by atoms with E-state index in [0.717, 1.165) is 0 Å². The lowest BCUT2D eigenvalue weighted by Gasteiger charge is -2.31.